The fourth-order valence-electron chi connectivity index (χ4n) is 3.90. The monoisotopic (exact) mass is 359 g/mol. The standard InChI is InChI=1S/C20H29N3O3/c24-18-11-13-22(15-18)14-17-8-4-5-12-23(17)20(26)10-9-19(25)21-16-6-2-1-3-7-16/h1-3,6-7,17-18,24H,4-5,8-15H2,(H,21,25)/t17-,18-/m0/s1. The number of rotatable bonds is 6. The molecule has 2 amide bonds. The van der Waals surface area contributed by atoms with Crippen LogP contribution in [-0.4, -0.2) is 65.0 Å². The lowest BCUT2D eigenvalue weighted by atomic mass is 10.0. The van der Waals surface area contributed by atoms with Crippen molar-refractivity contribution in [3.8, 4) is 0 Å². The normalized spacial score (nSPS) is 23.8. The first-order valence-electron chi connectivity index (χ1n) is 9.66. The number of piperidine rings is 1. The number of aliphatic hydroxyl groups excluding tert-OH is 1. The van der Waals surface area contributed by atoms with Crippen molar-refractivity contribution in [3.05, 3.63) is 30.3 Å². The lowest BCUT2D eigenvalue weighted by molar-refractivity contribution is -0.136. The minimum Gasteiger partial charge on any atom is -0.392 e. The summed E-state index contributed by atoms with van der Waals surface area (Å²) < 4.78 is 0. The second-order valence-electron chi connectivity index (χ2n) is 7.35. The topological polar surface area (TPSA) is 72.9 Å². The number of benzene rings is 1. The molecule has 2 aliphatic heterocycles. The van der Waals surface area contributed by atoms with Gasteiger partial charge in [0.25, 0.3) is 0 Å². The summed E-state index contributed by atoms with van der Waals surface area (Å²) in [5, 5.41) is 12.5. The van der Waals surface area contributed by atoms with Crippen LogP contribution in [0.15, 0.2) is 30.3 Å². The van der Waals surface area contributed by atoms with Gasteiger partial charge in [-0.15, -0.1) is 0 Å². The van der Waals surface area contributed by atoms with Gasteiger partial charge in [-0.3, -0.25) is 14.5 Å². The molecule has 0 radical (unpaired) electrons. The molecule has 1 aromatic carbocycles. The van der Waals surface area contributed by atoms with Crippen LogP contribution in [0.4, 0.5) is 5.69 Å². The number of para-hydroxylation sites is 1. The van der Waals surface area contributed by atoms with E-state index in [2.05, 4.69) is 10.2 Å². The molecule has 2 saturated heterocycles. The van der Waals surface area contributed by atoms with E-state index in [-0.39, 0.29) is 36.8 Å². The van der Waals surface area contributed by atoms with E-state index < -0.39 is 0 Å². The second-order valence-corrected chi connectivity index (χ2v) is 7.35. The minimum absolute atomic E-state index is 0.0673. The minimum atomic E-state index is -0.232. The van der Waals surface area contributed by atoms with E-state index >= 15 is 0 Å². The summed E-state index contributed by atoms with van der Waals surface area (Å²) in [6, 6.07) is 9.52. The van der Waals surface area contributed by atoms with E-state index in [4.69, 9.17) is 0 Å². The molecule has 2 aliphatic rings. The molecule has 26 heavy (non-hydrogen) atoms. The van der Waals surface area contributed by atoms with E-state index in [1.807, 2.05) is 35.2 Å². The third kappa shape index (κ3) is 5.29. The smallest absolute Gasteiger partial charge is 0.224 e. The van der Waals surface area contributed by atoms with E-state index in [0.717, 1.165) is 51.0 Å². The Hall–Kier alpha value is -1.92. The average molecular weight is 359 g/mol. The summed E-state index contributed by atoms with van der Waals surface area (Å²) in [6.07, 6.45) is 4.22. The molecule has 2 atom stereocenters. The van der Waals surface area contributed by atoms with E-state index in [1.54, 1.807) is 0 Å². The number of carbonyl (C=O) groups is 2. The Labute approximate surface area is 155 Å². The van der Waals surface area contributed by atoms with Crippen LogP contribution in [0.3, 0.4) is 0 Å². The summed E-state index contributed by atoms with van der Waals surface area (Å²) in [4.78, 5) is 29.0. The number of hydrogen-bond donors (Lipinski definition) is 2. The van der Waals surface area contributed by atoms with Crippen molar-refractivity contribution in [2.45, 2.75) is 50.7 Å². The van der Waals surface area contributed by atoms with Gasteiger partial charge in [0, 0.05) is 50.7 Å². The molecule has 0 saturated carbocycles. The number of anilines is 1. The number of aliphatic hydroxyl groups is 1. The molecule has 1 aromatic rings. The van der Waals surface area contributed by atoms with Crippen LogP contribution in [0.5, 0.6) is 0 Å². The van der Waals surface area contributed by atoms with Crippen LogP contribution < -0.4 is 5.32 Å². The highest BCUT2D eigenvalue weighted by Crippen LogP contribution is 2.21. The third-order valence-corrected chi connectivity index (χ3v) is 5.29. The molecule has 2 fully saturated rings. The number of likely N-dealkylation sites (tertiary alicyclic amines) is 2. The molecule has 0 unspecified atom stereocenters. The first kappa shape index (κ1) is 18.9. The summed E-state index contributed by atoms with van der Waals surface area (Å²) in [5.74, 6) is -0.0570. The fraction of sp³-hybridized carbons (Fsp3) is 0.600. The maximum atomic E-state index is 12.7. The van der Waals surface area contributed by atoms with Gasteiger partial charge in [0.1, 0.15) is 0 Å². The maximum absolute atomic E-state index is 12.7. The van der Waals surface area contributed by atoms with Gasteiger partial charge in [0.2, 0.25) is 11.8 Å². The van der Waals surface area contributed by atoms with E-state index in [9.17, 15) is 14.7 Å². The van der Waals surface area contributed by atoms with Gasteiger partial charge in [0.15, 0.2) is 0 Å². The van der Waals surface area contributed by atoms with E-state index in [1.165, 1.54) is 0 Å². The third-order valence-electron chi connectivity index (χ3n) is 5.29. The lowest BCUT2D eigenvalue weighted by Crippen LogP contribution is -2.49. The van der Waals surface area contributed by atoms with Gasteiger partial charge in [-0.1, -0.05) is 18.2 Å². The van der Waals surface area contributed by atoms with Crippen molar-refractivity contribution in [2.75, 3.05) is 31.5 Å². The predicted octanol–water partition coefficient (Wildman–Crippen LogP) is 1.85. The molecule has 2 N–H and O–H groups in total. The highest BCUT2D eigenvalue weighted by molar-refractivity contribution is 5.93. The molecule has 0 aromatic heterocycles. The quantitative estimate of drug-likeness (QED) is 0.813. The first-order chi connectivity index (χ1) is 12.6. The highest BCUT2D eigenvalue weighted by atomic mass is 16.3. The summed E-state index contributed by atoms with van der Waals surface area (Å²) >= 11 is 0. The predicted molar refractivity (Wildman–Crippen MR) is 101 cm³/mol. The van der Waals surface area contributed by atoms with Gasteiger partial charge >= 0.3 is 0 Å². The lowest BCUT2D eigenvalue weighted by Gasteiger charge is -2.38. The Morgan fingerprint density at radius 3 is 2.62 bits per heavy atom. The molecule has 0 bridgehead atoms. The number of carbonyl (C=O) groups excluding carboxylic acids is 2. The van der Waals surface area contributed by atoms with Crippen molar-refractivity contribution in [1.82, 2.24) is 9.80 Å². The van der Waals surface area contributed by atoms with Crippen molar-refractivity contribution >= 4 is 17.5 Å². The van der Waals surface area contributed by atoms with Gasteiger partial charge in [-0.2, -0.15) is 0 Å². The number of nitrogens with zero attached hydrogens (tertiary/aromatic N) is 2. The largest absolute Gasteiger partial charge is 0.392 e. The molecule has 3 rings (SSSR count). The van der Waals surface area contributed by atoms with Crippen LogP contribution in [-0.2, 0) is 9.59 Å². The first-order valence-corrected chi connectivity index (χ1v) is 9.66. The zero-order valence-corrected chi connectivity index (χ0v) is 15.3. The van der Waals surface area contributed by atoms with Crippen LogP contribution in [0.25, 0.3) is 0 Å². The van der Waals surface area contributed by atoms with Crippen molar-refractivity contribution in [2.24, 2.45) is 0 Å². The molecule has 0 spiro atoms. The van der Waals surface area contributed by atoms with Crippen molar-refractivity contribution in [3.63, 3.8) is 0 Å². The SMILES string of the molecule is O=C(CCC(=O)N1CCCC[C@H]1CN1CC[C@H](O)C1)Nc1ccccc1. The second kappa shape index (κ2) is 9.14. The number of hydrogen-bond acceptors (Lipinski definition) is 4. The van der Waals surface area contributed by atoms with Gasteiger partial charge in [-0.05, 0) is 37.8 Å². The molecular weight excluding hydrogens is 330 g/mol. The Bertz CT molecular complexity index is 608. The van der Waals surface area contributed by atoms with E-state index in [0.29, 0.717) is 6.54 Å². The highest BCUT2D eigenvalue weighted by Gasteiger charge is 2.30. The molecule has 142 valence electrons. The van der Waals surface area contributed by atoms with Gasteiger partial charge in [0.05, 0.1) is 6.10 Å². The Morgan fingerprint density at radius 2 is 1.88 bits per heavy atom. The van der Waals surface area contributed by atoms with Crippen LogP contribution in [0, 0.1) is 0 Å². The molecule has 6 nitrogen and oxygen atoms in total. The maximum Gasteiger partial charge on any atom is 0.224 e. The zero-order chi connectivity index (χ0) is 18.4. The number of β-amino-alcohol motifs (C(OH)–C–C–N with tert-alkyl or cyclic N) is 1. The fourth-order valence-corrected chi connectivity index (χ4v) is 3.90. The summed E-state index contributed by atoms with van der Waals surface area (Å²) in [7, 11) is 0. The molecular formula is C20H29N3O3. The van der Waals surface area contributed by atoms with Crippen molar-refractivity contribution < 1.29 is 14.7 Å². The average Bonchev–Trinajstić information content (AvgIpc) is 3.06. The Kier molecular flexibility index (Phi) is 6.63. The van der Waals surface area contributed by atoms with Crippen LogP contribution >= 0.6 is 0 Å². The summed E-state index contributed by atoms with van der Waals surface area (Å²) in [6.45, 7) is 3.22. The molecule has 2 heterocycles. The molecule has 6 heteroatoms. The van der Waals surface area contributed by atoms with Gasteiger partial charge in [-0.25, -0.2) is 0 Å². The van der Waals surface area contributed by atoms with Crippen LogP contribution in [0.1, 0.15) is 38.5 Å². The number of nitrogens with one attached hydrogen (secondary N) is 1. The van der Waals surface area contributed by atoms with Gasteiger partial charge < -0.3 is 15.3 Å². The zero-order valence-electron chi connectivity index (χ0n) is 15.3. The van der Waals surface area contributed by atoms with Crippen molar-refractivity contribution in [1.29, 1.82) is 0 Å². The number of amides is 2. The van der Waals surface area contributed by atoms with Crippen LogP contribution in [0.2, 0.25) is 0 Å². The Balaban J connectivity index is 1.47. The Morgan fingerprint density at radius 1 is 1.08 bits per heavy atom. The summed E-state index contributed by atoms with van der Waals surface area (Å²) in [5.41, 5.74) is 0.758. The molecule has 0 aliphatic carbocycles.